The van der Waals surface area contributed by atoms with Gasteiger partial charge in [-0.3, -0.25) is 0 Å². The summed E-state index contributed by atoms with van der Waals surface area (Å²) >= 11 is 1.77. The summed E-state index contributed by atoms with van der Waals surface area (Å²) in [5.41, 5.74) is 7.04. The second kappa shape index (κ2) is 5.00. The lowest BCUT2D eigenvalue weighted by Crippen LogP contribution is -2.11. The van der Waals surface area contributed by atoms with Gasteiger partial charge in [0.05, 0.1) is 0 Å². The number of hydrogen-bond donors (Lipinski definition) is 1. The van der Waals surface area contributed by atoms with Crippen LogP contribution < -0.4 is 5.73 Å². The van der Waals surface area contributed by atoms with E-state index in [1.54, 1.807) is 23.7 Å². The van der Waals surface area contributed by atoms with E-state index in [4.69, 9.17) is 5.73 Å². The number of nitrogens with two attached hydrogens (primary N) is 1. The van der Waals surface area contributed by atoms with Crippen molar-refractivity contribution in [2.24, 2.45) is 5.73 Å². The minimum atomic E-state index is 0.0355. The third-order valence-corrected chi connectivity index (χ3v) is 3.23. The normalized spacial score (nSPS) is 12.6. The molecule has 0 aliphatic carbocycles. The fourth-order valence-corrected chi connectivity index (χ4v) is 2.15. The zero-order valence-corrected chi connectivity index (χ0v) is 9.15. The molecule has 1 unspecified atom stereocenters. The summed E-state index contributed by atoms with van der Waals surface area (Å²) in [4.78, 5) is 9.30. The molecule has 2 rings (SSSR count). The predicted molar refractivity (Wildman–Crippen MR) is 61.6 cm³/mol. The fourth-order valence-electron chi connectivity index (χ4n) is 1.42. The van der Waals surface area contributed by atoms with E-state index in [9.17, 15) is 0 Å². The Morgan fingerprint density at radius 1 is 1.33 bits per heavy atom. The third kappa shape index (κ3) is 2.84. The molecular formula is C11H13N3S. The maximum atomic E-state index is 6.04. The van der Waals surface area contributed by atoms with Crippen molar-refractivity contribution in [1.29, 1.82) is 0 Å². The van der Waals surface area contributed by atoms with Crippen molar-refractivity contribution in [2.45, 2.75) is 18.9 Å². The molecule has 0 aliphatic rings. The number of hydrogen-bond acceptors (Lipinski definition) is 4. The van der Waals surface area contributed by atoms with Gasteiger partial charge in [-0.25, -0.2) is 9.97 Å². The molecule has 0 spiro atoms. The zero-order chi connectivity index (χ0) is 10.5. The van der Waals surface area contributed by atoms with Crippen LogP contribution in [0, 0.1) is 0 Å². The number of nitrogens with zero attached hydrogens (tertiary/aromatic N) is 2. The molecule has 2 aromatic rings. The molecule has 0 bridgehead atoms. The molecule has 1 atom stereocenters. The van der Waals surface area contributed by atoms with Crippen molar-refractivity contribution < 1.29 is 0 Å². The van der Waals surface area contributed by atoms with Crippen molar-refractivity contribution in [3.63, 3.8) is 0 Å². The molecule has 0 saturated carbocycles. The van der Waals surface area contributed by atoms with Gasteiger partial charge in [0.25, 0.3) is 0 Å². The van der Waals surface area contributed by atoms with Crippen molar-refractivity contribution in [2.75, 3.05) is 0 Å². The average molecular weight is 219 g/mol. The summed E-state index contributed by atoms with van der Waals surface area (Å²) in [5, 5.41) is 2.09. The van der Waals surface area contributed by atoms with Crippen molar-refractivity contribution in [3.8, 4) is 0 Å². The second-order valence-electron chi connectivity index (χ2n) is 3.40. The smallest absolute Gasteiger partial charge is 0.115 e. The van der Waals surface area contributed by atoms with E-state index in [1.165, 1.54) is 11.2 Å². The van der Waals surface area contributed by atoms with E-state index in [-0.39, 0.29) is 6.04 Å². The van der Waals surface area contributed by atoms with Crippen LogP contribution in [-0.4, -0.2) is 9.97 Å². The quantitative estimate of drug-likeness (QED) is 0.857. The average Bonchev–Trinajstić information content (AvgIpc) is 2.80. The molecule has 0 fully saturated rings. The van der Waals surface area contributed by atoms with Gasteiger partial charge in [0.1, 0.15) is 6.33 Å². The van der Waals surface area contributed by atoms with Crippen LogP contribution in [0.4, 0.5) is 0 Å². The Kier molecular flexibility index (Phi) is 3.42. The van der Waals surface area contributed by atoms with Gasteiger partial charge < -0.3 is 5.73 Å². The Labute approximate surface area is 93.0 Å². The summed E-state index contributed by atoms with van der Waals surface area (Å²) in [5.74, 6) is 0. The standard InChI is InChI=1S/C11H13N3S/c12-11(9-6-13-8-14-7-9)4-3-10-2-1-5-15-10/h1-2,5-8,11H,3-4,12H2. The summed E-state index contributed by atoms with van der Waals surface area (Å²) in [6, 6.07) is 4.24. The first-order chi connectivity index (χ1) is 7.36. The molecule has 0 radical (unpaired) electrons. The molecule has 15 heavy (non-hydrogen) atoms. The minimum Gasteiger partial charge on any atom is -0.324 e. The van der Waals surface area contributed by atoms with Crippen LogP contribution in [0.5, 0.6) is 0 Å². The predicted octanol–water partition coefficient (Wildman–Crippen LogP) is 2.17. The largest absolute Gasteiger partial charge is 0.324 e. The van der Waals surface area contributed by atoms with E-state index < -0.39 is 0 Å². The van der Waals surface area contributed by atoms with Crippen LogP contribution in [0.1, 0.15) is 22.9 Å². The van der Waals surface area contributed by atoms with Gasteiger partial charge in [-0.2, -0.15) is 0 Å². The van der Waals surface area contributed by atoms with Crippen LogP contribution in [0.25, 0.3) is 0 Å². The highest BCUT2D eigenvalue weighted by Crippen LogP contribution is 2.17. The van der Waals surface area contributed by atoms with Crippen molar-refractivity contribution in [1.82, 2.24) is 9.97 Å². The monoisotopic (exact) mass is 219 g/mol. The van der Waals surface area contributed by atoms with Crippen LogP contribution in [0.3, 0.4) is 0 Å². The summed E-state index contributed by atoms with van der Waals surface area (Å²) in [6.07, 6.45) is 7.05. The number of rotatable bonds is 4. The first-order valence-corrected chi connectivity index (χ1v) is 5.77. The maximum absolute atomic E-state index is 6.04. The lowest BCUT2D eigenvalue weighted by molar-refractivity contribution is 0.649. The highest BCUT2D eigenvalue weighted by atomic mass is 32.1. The minimum absolute atomic E-state index is 0.0355. The van der Waals surface area contributed by atoms with Gasteiger partial charge in [0, 0.05) is 28.9 Å². The molecule has 0 aromatic carbocycles. The Balaban J connectivity index is 1.90. The summed E-state index contributed by atoms with van der Waals surface area (Å²) in [7, 11) is 0. The molecule has 78 valence electrons. The van der Waals surface area contributed by atoms with E-state index in [0.717, 1.165) is 18.4 Å². The lowest BCUT2D eigenvalue weighted by Gasteiger charge is -2.09. The highest BCUT2D eigenvalue weighted by Gasteiger charge is 2.06. The second-order valence-corrected chi connectivity index (χ2v) is 4.43. The van der Waals surface area contributed by atoms with E-state index in [1.807, 2.05) is 0 Å². The van der Waals surface area contributed by atoms with Gasteiger partial charge in [0.15, 0.2) is 0 Å². The summed E-state index contributed by atoms with van der Waals surface area (Å²) < 4.78 is 0. The first-order valence-electron chi connectivity index (χ1n) is 4.89. The molecule has 0 aliphatic heterocycles. The summed E-state index contributed by atoms with van der Waals surface area (Å²) in [6.45, 7) is 0. The highest BCUT2D eigenvalue weighted by molar-refractivity contribution is 7.09. The van der Waals surface area contributed by atoms with E-state index in [0.29, 0.717) is 0 Å². The molecule has 2 heterocycles. The lowest BCUT2D eigenvalue weighted by atomic mass is 10.1. The topological polar surface area (TPSA) is 51.8 Å². The maximum Gasteiger partial charge on any atom is 0.115 e. The molecule has 3 nitrogen and oxygen atoms in total. The van der Waals surface area contributed by atoms with Crippen LogP contribution >= 0.6 is 11.3 Å². The molecular weight excluding hydrogens is 206 g/mol. The molecule has 2 aromatic heterocycles. The van der Waals surface area contributed by atoms with Gasteiger partial charge in [-0.1, -0.05) is 6.07 Å². The Morgan fingerprint density at radius 2 is 2.13 bits per heavy atom. The Morgan fingerprint density at radius 3 is 2.80 bits per heavy atom. The number of aromatic nitrogens is 2. The van der Waals surface area contributed by atoms with Gasteiger partial charge in [-0.15, -0.1) is 11.3 Å². The zero-order valence-electron chi connectivity index (χ0n) is 8.34. The SMILES string of the molecule is NC(CCc1cccs1)c1cncnc1. The number of aryl methyl sites for hydroxylation is 1. The van der Waals surface area contributed by atoms with Gasteiger partial charge in [0.2, 0.25) is 0 Å². The first kappa shape index (κ1) is 10.3. The van der Waals surface area contributed by atoms with Crippen molar-refractivity contribution >= 4 is 11.3 Å². The Bertz CT molecular complexity index is 385. The van der Waals surface area contributed by atoms with Crippen molar-refractivity contribution in [3.05, 3.63) is 46.7 Å². The van der Waals surface area contributed by atoms with E-state index >= 15 is 0 Å². The van der Waals surface area contributed by atoms with Crippen LogP contribution in [-0.2, 0) is 6.42 Å². The number of thiophene rings is 1. The van der Waals surface area contributed by atoms with Crippen LogP contribution in [0.15, 0.2) is 36.2 Å². The van der Waals surface area contributed by atoms with Gasteiger partial charge >= 0.3 is 0 Å². The fraction of sp³-hybridized carbons (Fsp3) is 0.273. The Hall–Kier alpha value is -1.26. The molecule has 0 amide bonds. The molecule has 0 saturated heterocycles. The van der Waals surface area contributed by atoms with E-state index in [2.05, 4.69) is 27.5 Å². The molecule has 4 heteroatoms. The third-order valence-electron chi connectivity index (χ3n) is 2.29. The van der Waals surface area contributed by atoms with Gasteiger partial charge in [-0.05, 0) is 24.3 Å². The molecule has 2 N–H and O–H groups in total. The van der Waals surface area contributed by atoms with Crippen LogP contribution in [0.2, 0.25) is 0 Å².